The molecule has 1 N–H and O–H groups in total. The zero-order valence-corrected chi connectivity index (χ0v) is 17.7. The fraction of sp³-hybridized carbons (Fsp3) is 0.0455. The van der Waals surface area contributed by atoms with Crippen molar-refractivity contribution in [2.24, 2.45) is 10.3 Å². The molecule has 0 bridgehead atoms. The lowest BCUT2D eigenvalue weighted by atomic mass is 10.2. The van der Waals surface area contributed by atoms with E-state index in [-0.39, 0.29) is 21.5 Å². The van der Waals surface area contributed by atoms with Crippen LogP contribution in [0.1, 0.15) is 17.4 Å². The van der Waals surface area contributed by atoms with Gasteiger partial charge in [0.05, 0.1) is 21.5 Å². The van der Waals surface area contributed by atoms with Crippen LogP contribution in [0.4, 0.5) is 11.4 Å². The standard InChI is InChI=1S/C22H17N5O4S/c1-15(28)21-22(29)19-14-18(32(30,31)25-17-10-6-3-7-11-17)12-13-20(19)27(24-21)26-23-16-8-4-2-5-9-16/h2-14,25H,1H3. The Morgan fingerprint density at radius 3 is 2.28 bits per heavy atom. The number of hydrogen-bond acceptors (Lipinski definition) is 7. The predicted molar refractivity (Wildman–Crippen MR) is 120 cm³/mol. The van der Waals surface area contributed by atoms with Crippen molar-refractivity contribution in [3.05, 3.63) is 94.8 Å². The molecule has 4 aromatic rings. The van der Waals surface area contributed by atoms with Gasteiger partial charge in [-0.25, -0.2) is 8.42 Å². The van der Waals surface area contributed by atoms with Crippen molar-refractivity contribution in [2.45, 2.75) is 11.8 Å². The summed E-state index contributed by atoms with van der Waals surface area (Å²) in [5.74, 6) is -0.573. The summed E-state index contributed by atoms with van der Waals surface area (Å²) in [4.78, 5) is 25.7. The van der Waals surface area contributed by atoms with E-state index in [0.29, 0.717) is 11.4 Å². The molecule has 0 saturated carbocycles. The summed E-state index contributed by atoms with van der Waals surface area (Å²) in [5, 5.41) is 12.1. The number of Topliss-reactive ketones (excluding diaryl/α,β-unsaturated/α-hetero) is 1. The Morgan fingerprint density at radius 2 is 1.62 bits per heavy atom. The number of carbonyl (C=O) groups excluding carboxylic acids is 1. The van der Waals surface area contributed by atoms with Gasteiger partial charge in [0, 0.05) is 12.6 Å². The Balaban J connectivity index is 1.85. The van der Waals surface area contributed by atoms with Crippen molar-refractivity contribution in [3.63, 3.8) is 0 Å². The molecule has 4 rings (SSSR count). The van der Waals surface area contributed by atoms with Gasteiger partial charge < -0.3 is 0 Å². The van der Waals surface area contributed by atoms with Crippen LogP contribution in [0.15, 0.2) is 98.9 Å². The Labute approximate surface area is 183 Å². The third-order valence-electron chi connectivity index (χ3n) is 4.51. The molecule has 0 radical (unpaired) electrons. The predicted octanol–water partition coefficient (Wildman–Crippen LogP) is 3.95. The number of rotatable bonds is 6. The lowest BCUT2D eigenvalue weighted by Crippen LogP contribution is -2.21. The molecule has 0 aliphatic carbocycles. The normalized spacial score (nSPS) is 11.7. The van der Waals surface area contributed by atoms with Gasteiger partial charge in [0.25, 0.3) is 10.0 Å². The van der Waals surface area contributed by atoms with Gasteiger partial charge in [0.15, 0.2) is 11.5 Å². The lowest BCUT2D eigenvalue weighted by Gasteiger charge is -2.10. The number of fused-ring (bicyclic) bond motifs is 1. The highest BCUT2D eigenvalue weighted by atomic mass is 32.2. The summed E-state index contributed by atoms with van der Waals surface area (Å²) < 4.78 is 28.1. The minimum Gasteiger partial charge on any atom is -0.293 e. The van der Waals surface area contributed by atoms with Gasteiger partial charge in [-0.15, -0.1) is 15.0 Å². The molecule has 160 valence electrons. The minimum absolute atomic E-state index is 0.0202. The fourth-order valence-electron chi connectivity index (χ4n) is 2.97. The van der Waals surface area contributed by atoms with Crippen LogP contribution in [0.25, 0.3) is 10.9 Å². The van der Waals surface area contributed by atoms with Crippen molar-refractivity contribution >= 4 is 38.1 Å². The van der Waals surface area contributed by atoms with Crippen molar-refractivity contribution in [1.82, 2.24) is 9.89 Å². The number of benzene rings is 3. The largest absolute Gasteiger partial charge is 0.293 e. The van der Waals surface area contributed by atoms with E-state index in [2.05, 4.69) is 20.2 Å². The summed E-state index contributed by atoms with van der Waals surface area (Å²) in [5.41, 5.74) is 0.0708. The topological polar surface area (TPSA) is 123 Å². The van der Waals surface area contributed by atoms with Gasteiger partial charge in [-0.1, -0.05) is 36.4 Å². The smallest absolute Gasteiger partial charge is 0.261 e. The van der Waals surface area contributed by atoms with Gasteiger partial charge in [-0.3, -0.25) is 14.3 Å². The molecule has 0 unspecified atom stereocenters. The van der Waals surface area contributed by atoms with Gasteiger partial charge in [-0.05, 0) is 47.7 Å². The molecule has 32 heavy (non-hydrogen) atoms. The van der Waals surface area contributed by atoms with Crippen molar-refractivity contribution in [3.8, 4) is 0 Å². The molecule has 10 heteroatoms. The first-order chi connectivity index (χ1) is 15.3. The monoisotopic (exact) mass is 447 g/mol. The number of nitrogens with zero attached hydrogens (tertiary/aromatic N) is 4. The van der Waals surface area contributed by atoms with Crippen LogP contribution in [0.2, 0.25) is 0 Å². The van der Waals surface area contributed by atoms with E-state index in [4.69, 9.17) is 0 Å². The maximum absolute atomic E-state index is 12.8. The molecule has 3 aromatic carbocycles. The number of hydrogen-bond donors (Lipinski definition) is 1. The molecule has 1 heterocycles. The van der Waals surface area contributed by atoms with Gasteiger partial charge in [-0.2, -0.15) is 0 Å². The molecule has 0 atom stereocenters. The number of nitrogens with one attached hydrogen (secondary N) is 1. The zero-order valence-electron chi connectivity index (χ0n) is 16.8. The average molecular weight is 447 g/mol. The van der Waals surface area contributed by atoms with Crippen LogP contribution in [0, 0.1) is 0 Å². The molecule has 0 amide bonds. The Hall–Kier alpha value is -4.18. The third-order valence-corrected chi connectivity index (χ3v) is 5.89. The molecule has 0 saturated heterocycles. The minimum atomic E-state index is -3.98. The quantitative estimate of drug-likeness (QED) is 0.354. The van der Waals surface area contributed by atoms with E-state index in [1.54, 1.807) is 54.6 Å². The second-order valence-electron chi connectivity index (χ2n) is 6.80. The number of aromatic nitrogens is 2. The first kappa shape index (κ1) is 21.1. The molecule has 1 aromatic heterocycles. The second-order valence-corrected chi connectivity index (χ2v) is 8.48. The van der Waals surface area contributed by atoms with Crippen LogP contribution in [-0.4, -0.2) is 24.1 Å². The van der Waals surface area contributed by atoms with Crippen molar-refractivity contribution in [1.29, 1.82) is 0 Å². The van der Waals surface area contributed by atoms with E-state index in [0.717, 1.165) is 4.79 Å². The second kappa shape index (κ2) is 8.52. The Bertz CT molecular complexity index is 1500. The van der Waals surface area contributed by atoms with E-state index in [1.807, 2.05) is 6.07 Å². The molecule has 0 aliphatic heterocycles. The van der Waals surface area contributed by atoms with E-state index < -0.39 is 21.2 Å². The Morgan fingerprint density at radius 1 is 0.969 bits per heavy atom. The fourth-order valence-corrected chi connectivity index (χ4v) is 4.05. The SMILES string of the molecule is CC(=O)c1nn(N=Nc2ccccc2)c2ccc(S(=O)(=O)Nc3ccccc3)cc2c1=O. The van der Waals surface area contributed by atoms with E-state index >= 15 is 0 Å². The van der Waals surface area contributed by atoms with Crippen molar-refractivity contribution in [2.75, 3.05) is 4.72 Å². The van der Waals surface area contributed by atoms with Crippen LogP contribution in [0.3, 0.4) is 0 Å². The van der Waals surface area contributed by atoms with Gasteiger partial charge >= 0.3 is 0 Å². The molecule has 9 nitrogen and oxygen atoms in total. The lowest BCUT2D eigenvalue weighted by molar-refractivity contribution is 0.101. The summed E-state index contributed by atoms with van der Waals surface area (Å²) in [6, 6.07) is 21.1. The molecule has 0 aliphatic rings. The maximum Gasteiger partial charge on any atom is 0.261 e. The molecular formula is C22H17N5O4S. The van der Waals surface area contributed by atoms with Crippen LogP contribution < -0.4 is 10.2 Å². The first-order valence-corrected chi connectivity index (χ1v) is 11.0. The van der Waals surface area contributed by atoms with E-state index in [1.165, 1.54) is 25.1 Å². The first-order valence-electron chi connectivity index (χ1n) is 9.48. The summed E-state index contributed by atoms with van der Waals surface area (Å²) in [7, 11) is -3.98. The zero-order chi connectivity index (χ0) is 22.7. The summed E-state index contributed by atoms with van der Waals surface area (Å²) >= 11 is 0. The number of anilines is 1. The highest BCUT2D eigenvalue weighted by Crippen LogP contribution is 2.21. The van der Waals surface area contributed by atoms with E-state index in [9.17, 15) is 18.0 Å². The summed E-state index contributed by atoms with van der Waals surface area (Å²) in [6.45, 7) is 1.20. The number of para-hydroxylation sites is 1. The Kier molecular flexibility index (Phi) is 5.61. The maximum atomic E-state index is 12.8. The van der Waals surface area contributed by atoms with Gasteiger partial charge in [0.2, 0.25) is 5.43 Å². The van der Waals surface area contributed by atoms with Crippen LogP contribution >= 0.6 is 0 Å². The number of sulfonamides is 1. The molecule has 0 fully saturated rings. The number of carbonyl (C=O) groups is 1. The highest BCUT2D eigenvalue weighted by Gasteiger charge is 2.19. The average Bonchev–Trinajstić information content (AvgIpc) is 2.79. The van der Waals surface area contributed by atoms with Crippen LogP contribution in [-0.2, 0) is 10.0 Å². The van der Waals surface area contributed by atoms with Gasteiger partial charge in [0.1, 0.15) is 0 Å². The highest BCUT2D eigenvalue weighted by molar-refractivity contribution is 7.92. The third kappa shape index (κ3) is 4.30. The van der Waals surface area contributed by atoms with Crippen LogP contribution in [0.5, 0.6) is 0 Å². The van der Waals surface area contributed by atoms with Crippen molar-refractivity contribution < 1.29 is 13.2 Å². The number of ketones is 1. The summed E-state index contributed by atoms with van der Waals surface area (Å²) in [6.07, 6.45) is 0. The molecular weight excluding hydrogens is 430 g/mol. The molecule has 0 spiro atoms.